The third-order valence-electron chi connectivity index (χ3n) is 3.94. The summed E-state index contributed by atoms with van der Waals surface area (Å²) < 4.78 is 0. The van der Waals surface area contributed by atoms with Crippen LogP contribution in [0.4, 0.5) is 17.1 Å². The molecule has 0 unspecified atom stereocenters. The van der Waals surface area contributed by atoms with Crippen LogP contribution in [-0.4, -0.2) is 11.8 Å². The van der Waals surface area contributed by atoms with Crippen molar-refractivity contribution in [3.8, 4) is 0 Å². The average molecular weight is 359 g/mol. The first-order chi connectivity index (χ1) is 13.1. The van der Waals surface area contributed by atoms with E-state index >= 15 is 0 Å². The number of hydrogen-bond acceptors (Lipinski definition) is 3. The normalized spacial score (nSPS) is 10.1. The van der Waals surface area contributed by atoms with Gasteiger partial charge in [-0.15, -0.1) is 0 Å². The van der Waals surface area contributed by atoms with Crippen LogP contribution in [0.15, 0.2) is 78.9 Å². The Kier molecular flexibility index (Phi) is 5.84. The molecule has 3 aromatic rings. The van der Waals surface area contributed by atoms with Crippen LogP contribution in [0.25, 0.3) is 0 Å². The summed E-state index contributed by atoms with van der Waals surface area (Å²) in [4.78, 5) is 24.1. The van der Waals surface area contributed by atoms with Crippen LogP contribution in [-0.2, 0) is 11.3 Å². The van der Waals surface area contributed by atoms with Gasteiger partial charge in [0.25, 0.3) is 5.91 Å². The lowest BCUT2D eigenvalue weighted by atomic mass is 10.1. The molecule has 136 valence electrons. The van der Waals surface area contributed by atoms with Crippen molar-refractivity contribution in [2.45, 2.75) is 13.5 Å². The molecule has 0 aliphatic carbocycles. The minimum Gasteiger partial charge on any atom is -0.354 e. The van der Waals surface area contributed by atoms with Crippen LogP contribution in [0.5, 0.6) is 0 Å². The predicted octanol–water partition coefficient (Wildman–Crippen LogP) is 4.32. The molecule has 0 fully saturated rings. The summed E-state index contributed by atoms with van der Waals surface area (Å²) in [5.74, 6) is -0.398. The van der Waals surface area contributed by atoms with Gasteiger partial charge in [-0.3, -0.25) is 9.59 Å². The fourth-order valence-electron chi connectivity index (χ4n) is 2.64. The summed E-state index contributed by atoms with van der Waals surface area (Å²) in [6, 6.07) is 24.5. The van der Waals surface area contributed by atoms with Gasteiger partial charge in [0.1, 0.15) is 0 Å². The van der Waals surface area contributed by atoms with Gasteiger partial charge in [-0.05, 0) is 35.9 Å². The van der Waals surface area contributed by atoms with Gasteiger partial charge >= 0.3 is 0 Å². The quantitative estimate of drug-likeness (QED) is 0.614. The first kappa shape index (κ1) is 18.2. The molecular formula is C22H21N3O2. The van der Waals surface area contributed by atoms with E-state index in [4.69, 9.17) is 0 Å². The van der Waals surface area contributed by atoms with E-state index in [1.807, 2.05) is 60.7 Å². The third kappa shape index (κ3) is 5.19. The average Bonchev–Trinajstić information content (AvgIpc) is 2.68. The monoisotopic (exact) mass is 359 g/mol. The third-order valence-corrected chi connectivity index (χ3v) is 3.94. The zero-order chi connectivity index (χ0) is 19.1. The van der Waals surface area contributed by atoms with E-state index in [1.54, 1.807) is 18.2 Å². The van der Waals surface area contributed by atoms with E-state index in [-0.39, 0.29) is 11.8 Å². The smallest absolute Gasteiger partial charge is 0.251 e. The molecule has 0 atom stereocenters. The van der Waals surface area contributed by atoms with Gasteiger partial charge in [-0.2, -0.15) is 0 Å². The number of rotatable bonds is 6. The highest BCUT2D eigenvalue weighted by Crippen LogP contribution is 2.27. The van der Waals surface area contributed by atoms with Gasteiger partial charge in [-0.1, -0.05) is 48.5 Å². The predicted molar refractivity (Wildman–Crippen MR) is 108 cm³/mol. The van der Waals surface area contributed by atoms with Crippen molar-refractivity contribution >= 4 is 28.9 Å². The first-order valence-electron chi connectivity index (χ1n) is 8.67. The molecule has 5 heteroatoms. The Hall–Kier alpha value is -3.60. The number of para-hydroxylation sites is 1. The molecule has 0 saturated carbocycles. The molecule has 27 heavy (non-hydrogen) atoms. The summed E-state index contributed by atoms with van der Waals surface area (Å²) in [6.45, 7) is 1.88. The lowest BCUT2D eigenvalue weighted by Crippen LogP contribution is -2.23. The molecular weight excluding hydrogens is 338 g/mol. The molecule has 0 saturated heterocycles. The van der Waals surface area contributed by atoms with Crippen LogP contribution < -0.4 is 16.0 Å². The molecule has 5 nitrogen and oxygen atoms in total. The molecule has 0 heterocycles. The van der Waals surface area contributed by atoms with Crippen molar-refractivity contribution < 1.29 is 9.59 Å². The van der Waals surface area contributed by atoms with Crippen molar-refractivity contribution in [2.75, 3.05) is 10.6 Å². The molecule has 3 aromatic carbocycles. The molecule has 0 spiro atoms. The van der Waals surface area contributed by atoms with Crippen molar-refractivity contribution in [3.63, 3.8) is 0 Å². The number of carbonyl (C=O) groups excluding carboxylic acids is 2. The van der Waals surface area contributed by atoms with Gasteiger partial charge in [0.15, 0.2) is 0 Å². The van der Waals surface area contributed by atoms with E-state index in [2.05, 4.69) is 16.0 Å². The molecule has 0 radical (unpaired) electrons. The van der Waals surface area contributed by atoms with Crippen LogP contribution in [0.2, 0.25) is 0 Å². The number of anilines is 3. The van der Waals surface area contributed by atoms with E-state index in [1.165, 1.54) is 6.92 Å². The van der Waals surface area contributed by atoms with Crippen LogP contribution >= 0.6 is 0 Å². The fraction of sp³-hybridized carbons (Fsp3) is 0.0909. The standard InChI is InChI=1S/C22H21N3O2/c1-16(26)24-21-14-18(22(27)23-15-17-8-4-2-5-9-17)12-13-20(21)25-19-10-6-3-7-11-19/h2-14,25H,15H2,1H3,(H,23,27)(H,24,26). The van der Waals surface area contributed by atoms with Gasteiger partial charge < -0.3 is 16.0 Å². The zero-order valence-electron chi connectivity index (χ0n) is 15.0. The van der Waals surface area contributed by atoms with E-state index in [9.17, 15) is 9.59 Å². The Morgan fingerprint density at radius 2 is 1.48 bits per heavy atom. The molecule has 0 bridgehead atoms. The summed E-state index contributed by atoms with van der Waals surface area (Å²) in [6.07, 6.45) is 0. The Balaban J connectivity index is 1.77. The topological polar surface area (TPSA) is 70.2 Å². The number of nitrogens with one attached hydrogen (secondary N) is 3. The summed E-state index contributed by atoms with van der Waals surface area (Å²) >= 11 is 0. The van der Waals surface area contributed by atoms with Crippen LogP contribution in [0.3, 0.4) is 0 Å². The molecule has 3 rings (SSSR count). The minimum atomic E-state index is -0.201. The lowest BCUT2D eigenvalue weighted by molar-refractivity contribution is -0.114. The lowest BCUT2D eigenvalue weighted by Gasteiger charge is -2.14. The van der Waals surface area contributed by atoms with E-state index in [0.717, 1.165) is 16.9 Å². The molecule has 0 aromatic heterocycles. The maximum absolute atomic E-state index is 12.5. The van der Waals surface area contributed by atoms with Crippen molar-refractivity contribution in [1.29, 1.82) is 0 Å². The SMILES string of the molecule is CC(=O)Nc1cc(C(=O)NCc2ccccc2)ccc1Nc1ccccc1. The second kappa shape index (κ2) is 8.67. The summed E-state index contributed by atoms with van der Waals surface area (Å²) in [5, 5.41) is 8.93. The largest absolute Gasteiger partial charge is 0.354 e. The molecule has 0 aliphatic rings. The maximum atomic E-state index is 12.5. The molecule has 0 aliphatic heterocycles. The fourth-order valence-corrected chi connectivity index (χ4v) is 2.64. The number of benzene rings is 3. The van der Waals surface area contributed by atoms with Gasteiger partial charge in [-0.25, -0.2) is 0 Å². The summed E-state index contributed by atoms with van der Waals surface area (Å²) in [7, 11) is 0. The van der Waals surface area contributed by atoms with Gasteiger partial charge in [0, 0.05) is 24.7 Å². The number of hydrogen-bond donors (Lipinski definition) is 3. The van der Waals surface area contributed by atoms with Crippen molar-refractivity contribution in [1.82, 2.24) is 5.32 Å². The maximum Gasteiger partial charge on any atom is 0.251 e. The van der Waals surface area contributed by atoms with Crippen LogP contribution in [0.1, 0.15) is 22.8 Å². The van der Waals surface area contributed by atoms with E-state index in [0.29, 0.717) is 17.8 Å². The minimum absolute atomic E-state index is 0.197. The molecule has 2 amide bonds. The van der Waals surface area contributed by atoms with Crippen molar-refractivity contribution in [2.24, 2.45) is 0 Å². The Morgan fingerprint density at radius 1 is 0.815 bits per heavy atom. The zero-order valence-corrected chi connectivity index (χ0v) is 15.0. The summed E-state index contributed by atoms with van der Waals surface area (Å²) in [5.41, 5.74) is 3.67. The number of carbonyl (C=O) groups is 2. The van der Waals surface area contributed by atoms with E-state index < -0.39 is 0 Å². The Bertz CT molecular complexity index is 925. The number of amides is 2. The second-order valence-corrected chi connectivity index (χ2v) is 6.10. The Morgan fingerprint density at radius 3 is 2.15 bits per heavy atom. The van der Waals surface area contributed by atoms with Gasteiger partial charge in [0.05, 0.1) is 11.4 Å². The van der Waals surface area contributed by atoms with Crippen molar-refractivity contribution in [3.05, 3.63) is 90.0 Å². The molecule has 3 N–H and O–H groups in total. The van der Waals surface area contributed by atoms with Crippen LogP contribution in [0, 0.1) is 0 Å². The highest BCUT2D eigenvalue weighted by atomic mass is 16.2. The second-order valence-electron chi connectivity index (χ2n) is 6.10. The highest BCUT2D eigenvalue weighted by Gasteiger charge is 2.11. The highest BCUT2D eigenvalue weighted by molar-refractivity contribution is 5.99. The first-order valence-corrected chi connectivity index (χ1v) is 8.67. The Labute approximate surface area is 158 Å². The van der Waals surface area contributed by atoms with Gasteiger partial charge in [0.2, 0.25) is 5.91 Å².